The average Bonchev–Trinajstić information content (AvgIpc) is 2.91. The van der Waals surface area contributed by atoms with Crippen molar-refractivity contribution in [2.75, 3.05) is 17.2 Å². The number of aromatic carboxylic acids is 1. The van der Waals surface area contributed by atoms with Gasteiger partial charge in [-0.25, -0.2) is 4.79 Å². The highest BCUT2D eigenvalue weighted by molar-refractivity contribution is 7.09. The Kier molecular flexibility index (Phi) is 4.29. The lowest BCUT2D eigenvalue weighted by Crippen LogP contribution is -2.22. The van der Waals surface area contributed by atoms with Gasteiger partial charge in [-0.15, -0.1) is 11.3 Å². The quantitative estimate of drug-likeness (QED) is 0.829. The molecule has 106 valence electrons. The number of nitrogens with two attached hydrogens (primary N) is 1. The van der Waals surface area contributed by atoms with Crippen LogP contribution in [0.5, 0.6) is 0 Å². The molecular formula is C15H18N2O2S. The monoisotopic (exact) mass is 290 g/mol. The van der Waals surface area contributed by atoms with Crippen molar-refractivity contribution in [1.29, 1.82) is 0 Å². The van der Waals surface area contributed by atoms with Crippen LogP contribution in [0.1, 0.15) is 27.7 Å². The van der Waals surface area contributed by atoms with E-state index in [0.717, 1.165) is 24.3 Å². The smallest absolute Gasteiger partial charge is 0.337 e. The Morgan fingerprint density at radius 3 is 2.75 bits per heavy atom. The molecule has 2 rings (SSSR count). The first-order valence-electron chi connectivity index (χ1n) is 6.43. The number of thiophene rings is 1. The fourth-order valence-corrected chi connectivity index (χ4v) is 2.83. The molecule has 3 N–H and O–H groups in total. The van der Waals surface area contributed by atoms with Gasteiger partial charge < -0.3 is 15.7 Å². The third-order valence-electron chi connectivity index (χ3n) is 3.28. The summed E-state index contributed by atoms with van der Waals surface area (Å²) in [6, 6.07) is 7.70. The molecule has 2 aromatic rings. The Morgan fingerprint density at radius 2 is 2.20 bits per heavy atom. The molecular weight excluding hydrogens is 272 g/mol. The summed E-state index contributed by atoms with van der Waals surface area (Å²) in [5.74, 6) is -0.986. The van der Waals surface area contributed by atoms with E-state index >= 15 is 0 Å². The molecule has 0 saturated heterocycles. The van der Waals surface area contributed by atoms with E-state index in [1.807, 2.05) is 24.4 Å². The van der Waals surface area contributed by atoms with E-state index in [0.29, 0.717) is 5.69 Å². The number of carbonyl (C=O) groups is 1. The van der Waals surface area contributed by atoms with Crippen LogP contribution >= 0.6 is 11.3 Å². The van der Waals surface area contributed by atoms with Crippen LogP contribution in [-0.4, -0.2) is 17.6 Å². The van der Waals surface area contributed by atoms with Gasteiger partial charge in [-0.2, -0.15) is 0 Å². The SMILES string of the molecule is CCN(Cc1cccs1)c1cc(C)c(N)c(C(=O)O)c1. The number of rotatable bonds is 5. The summed E-state index contributed by atoms with van der Waals surface area (Å²) in [4.78, 5) is 14.6. The molecule has 0 bridgehead atoms. The molecule has 1 aromatic carbocycles. The molecule has 0 atom stereocenters. The number of carboxylic acid groups (broad SMARTS) is 1. The molecule has 0 aliphatic carbocycles. The normalized spacial score (nSPS) is 10.5. The van der Waals surface area contributed by atoms with Gasteiger partial charge >= 0.3 is 5.97 Å². The van der Waals surface area contributed by atoms with Crippen molar-refractivity contribution < 1.29 is 9.90 Å². The number of hydrogen-bond donors (Lipinski definition) is 2. The molecule has 4 nitrogen and oxygen atoms in total. The maximum Gasteiger partial charge on any atom is 0.337 e. The number of anilines is 2. The summed E-state index contributed by atoms with van der Waals surface area (Å²) >= 11 is 1.70. The van der Waals surface area contributed by atoms with E-state index < -0.39 is 5.97 Å². The molecule has 0 radical (unpaired) electrons. The van der Waals surface area contributed by atoms with Crippen molar-refractivity contribution in [3.63, 3.8) is 0 Å². The van der Waals surface area contributed by atoms with Crippen LogP contribution in [-0.2, 0) is 6.54 Å². The predicted molar refractivity (Wildman–Crippen MR) is 83.6 cm³/mol. The van der Waals surface area contributed by atoms with E-state index in [9.17, 15) is 9.90 Å². The summed E-state index contributed by atoms with van der Waals surface area (Å²) in [6.07, 6.45) is 0. The van der Waals surface area contributed by atoms with Gasteiger partial charge in [0.1, 0.15) is 0 Å². The van der Waals surface area contributed by atoms with Gasteiger partial charge in [0.15, 0.2) is 0 Å². The minimum absolute atomic E-state index is 0.171. The van der Waals surface area contributed by atoms with Crippen molar-refractivity contribution in [3.8, 4) is 0 Å². The molecule has 0 aliphatic rings. The summed E-state index contributed by atoms with van der Waals surface area (Å²) < 4.78 is 0. The zero-order chi connectivity index (χ0) is 14.7. The summed E-state index contributed by atoms with van der Waals surface area (Å²) in [5, 5.41) is 11.3. The maximum atomic E-state index is 11.3. The summed E-state index contributed by atoms with van der Waals surface area (Å²) in [7, 11) is 0. The van der Waals surface area contributed by atoms with Gasteiger partial charge in [-0.05, 0) is 43.0 Å². The lowest BCUT2D eigenvalue weighted by Gasteiger charge is -2.24. The maximum absolute atomic E-state index is 11.3. The molecule has 1 heterocycles. The fourth-order valence-electron chi connectivity index (χ4n) is 2.12. The number of benzene rings is 1. The van der Waals surface area contributed by atoms with E-state index in [2.05, 4.69) is 17.9 Å². The third-order valence-corrected chi connectivity index (χ3v) is 4.14. The number of nitrogen functional groups attached to an aromatic ring is 1. The molecule has 20 heavy (non-hydrogen) atoms. The number of nitrogens with zero attached hydrogens (tertiary/aromatic N) is 1. The Hall–Kier alpha value is -2.01. The van der Waals surface area contributed by atoms with E-state index in [1.165, 1.54) is 4.88 Å². The number of carboxylic acids is 1. The van der Waals surface area contributed by atoms with Crippen molar-refractivity contribution >= 4 is 28.7 Å². The van der Waals surface area contributed by atoms with Gasteiger partial charge in [0.05, 0.1) is 12.1 Å². The first-order valence-corrected chi connectivity index (χ1v) is 7.31. The topological polar surface area (TPSA) is 66.6 Å². The molecule has 0 spiro atoms. The number of hydrogen-bond acceptors (Lipinski definition) is 4. The highest BCUT2D eigenvalue weighted by atomic mass is 32.1. The summed E-state index contributed by atoms with van der Waals surface area (Å²) in [6.45, 7) is 5.47. The average molecular weight is 290 g/mol. The Labute approximate surface area is 122 Å². The zero-order valence-corrected chi connectivity index (χ0v) is 12.4. The molecule has 0 amide bonds. The first-order chi connectivity index (χ1) is 9.52. The van der Waals surface area contributed by atoms with Crippen LogP contribution < -0.4 is 10.6 Å². The van der Waals surface area contributed by atoms with Crippen molar-refractivity contribution in [2.45, 2.75) is 20.4 Å². The van der Waals surface area contributed by atoms with Crippen LogP contribution in [0.25, 0.3) is 0 Å². The molecule has 1 aromatic heterocycles. The fraction of sp³-hybridized carbons (Fsp3) is 0.267. The molecule has 0 saturated carbocycles. The van der Waals surface area contributed by atoms with Gasteiger partial charge in [-0.1, -0.05) is 6.07 Å². The first kappa shape index (κ1) is 14.4. The van der Waals surface area contributed by atoms with Crippen LogP contribution in [0, 0.1) is 6.92 Å². The molecule has 0 aliphatic heterocycles. The Morgan fingerprint density at radius 1 is 1.45 bits per heavy atom. The lowest BCUT2D eigenvalue weighted by molar-refractivity contribution is 0.0698. The second kappa shape index (κ2) is 5.96. The second-order valence-corrected chi connectivity index (χ2v) is 5.65. The highest BCUT2D eigenvalue weighted by Crippen LogP contribution is 2.27. The zero-order valence-electron chi connectivity index (χ0n) is 11.6. The van der Waals surface area contributed by atoms with Crippen LogP contribution in [0.3, 0.4) is 0 Å². The van der Waals surface area contributed by atoms with Gasteiger partial charge in [0.2, 0.25) is 0 Å². The lowest BCUT2D eigenvalue weighted by atomic mass is 10.1. The van der Waals surface area contributed by atoms with Crippen LogP contribution in [0.15, 0.2) is 29.6 Å². The molecule has 0 fully saturated rings. The van der Waals surface area contributed by atoms with Gasteiger partial charge in [0, 0.05) is 22.8 Å². The highest BCUT2D eigenvalue weighted by Gasteiger charge is 2.15. The predicted octanol–water partition coefficient (Wildman–Crippen LogP) is 3.36. The Bertz CT molecular complexity index is 609. The van der Waals surface area contributed by atoms with Crippen molar-refractivity contribution in [2.24, 2.45) is 0 Å². The summed E-state index contributed by atoms with van der Waals surface area (Å²) in [5.41, 5.74) is 8.03. The van der Waals surface area contributed by atoms with E-state index in [4.69, 9.17) is 5.73 Å². The van der Waals surface area contributed by atoms with E-state index in [-0.39, 0.29) is 5.56 Å². The molecule has 0 unspecified atom stereocenters. The largest absolute Gasteiger partial charge is 0.478 e. The number of aryl methyl sites for hydroxylation is 1. The van der Waals surface area contributed by atoms with Gasteiger partial charge in [-0.3, -0.25) is 0 Å². The van der Waals surface area contributed by atoms with Crippen molar-refractivity contribution in [3.05, 3.63) is 45.6 Å². The van der Waals surface area contributed by atoms with Crippen molar-refractivity contribution in [1.82, 2.24) is 0 Å². The molecule has 5 heteroatoms. The van der Waals surface area contributed by atoms with Gasteiger partial charge in [0.25, 0.3) is 0 Å². The third kappa shape index (κ3) is 2.93. The minimum atomic E-state index is -0.986. The Balaban J connectivity index is 2.37. The van der Waals surface area contributed by atoms with Crippen LogP contribution in [0.2, 0.25) is 0 Å². The van der Waals surface area contributed by atoms with E-state index in [1.54, 1.807) is 17.4 Å². The second-order valence-electron chi connectivity index (χ2n) is 4.62. The van der Waals surface area contributed by atoms with Crippen LogP contribution in [0.4, 0.5) is 11.4 Å². The minimum Gasteiger partial charge on any atom is -0.478 e. The standard InChI is InChI=1S/C15H18N2O2S/c1-3-17(9-12-5-4-6-20-12)11-7-10(2)14(16)13(8-11)15(18)19/h4-8H,3,9,16H2,1-2H3,(H,18,19).